The molecule has 0 saturated carbocycles. The van der Waals surface area contributed by atoms with Gasteiger partial charge in [0, 0.05) is 22.1 Å². The minimum Gasteiger partial charge on any atom is -0.325 e. The van der Waals surface area contributed by atoms with E-state index >= 15 is 0 Å². The molecule has 0 aliphatic rings. The zero-order chi connectivity index (χ0) is 22.5. The first-order chi connectivity index (χ1) is 15.5. The van der Waals surface area contributed by atoms with Gasteiger partial charge in [-0.05, 0) is 48.2 Å². The average Bonchev–Trinajstić information content (AvgIpc) is 2.77. The molecule has 0 fully saturated rings. The van der Waals surface area contributed by atoms with E-state index in [1.807, 2.05) is 98.8 Å². The average molecular weight is 423 g/mol. The second-order valence-corrected chi connectivity index (χ2v) is 8.01. The summed E-state index contributed by atoms with van der Waals surface area (Å²) in [6.07, 6.45) is 0.631. The summed E-state index contributed by atoms with van der Waals surface area (Å²) < 4.78 is 0. The second-order valence-electron chi connectivity index (χ2n) is 8.01. The first kappa shape index (κ1) is 21.3. The van der Waals surface area contributed by atoms with E-state index in [-0.39, 0.29) is 11.8 Å². The van der Waals surface area contributed by atoms with Crippen LogP contribution in [0.25, 0.3) is 10.8 Å². The van der Waals surface area contributed by atoms with Gasteiger partial charge in [-0.15, -0.1) is 0 Å². The Hall–Kier alpha value is -3.92. The van der Waals surface area contributed by atoms with E-state index < -0.39 is 0 Å². The molecule has 0 bridgehead atoms. The molecule has 32 heavy (non-hydrogen) atoms. The SMILES string of the molecule is Cc1ccccc1CC(=O)Nc1cccc2c(NC(=O)Cc3ccccc3C)cccc12. The molecule has 0 unspecified atom stereocenters. The quantitative estimate of drug-likeness (QED) is 0.411. The highest BCUT2D eigenvalue weighted by atomic mass is 16.2. The summed E-state index contributed by atoms with van der Waals surface area (Å²) in [5.74, 6) is -0.137. The van der Waals surface area contributed by atoms with Crippen molar-refractivity contribution in [1.82, 2.24) is 0 Å². The molecule has 4 rings (SSSR count). The van der Waals surface area contributed by atoms with Crippen LogP contribution in [0.3, 0.4) is 0 Å². The van der Waals surface area contributed by atoms with Crippen LogP contribution in [0, 0.1) is 13.8 Å². The molecule has 0 radical (unpaired) electrons. The first-order valence-electron chi connectivity index (χ1n) is 10.7. The maximum atomic E-state index is 12.7. The molecule has 0 spiro atoms. The lowest BCUT2D eigenvalue weighted by Crippen LogP contribution is -2.16. The maximum absolute atomic E-state index is 12.7. The third kappa shape index (κ3) is 4.86. The number of carbonyl (C=O) groups is 2. The number of hydrogen-bond donors (Lipinski definition) is 2. The summed E-state index contributed by atoms with van der Waals surface area (Å²) >= 11 is 0. The van der Waals surface area contributed by atoms with Gasteiger partial charge in [-0.2, -0.15) is 0 Å². The Morgan fingerprint density at radius 1 is 0.562 bits per heavy atom. The molecule has 4 heteroatoms. The molecule has 0 saturated heterocycles. The van der Waals surface area contributed by atoms with E-state index in [1.54, 1.807) is 0 Å². The fourth-order valence-electron chi connectivity index (χ4n) is 3.88. The molecule has 4 aromatic rings. The van der Waals surface area contributed by atoms with Crippen molar-refractivity contribution in [3.63, 3.8) is 0 Å². The number of amides is 2. The van der Waals surface area contributed by atoms with Gasteiger partial charge in [-0.1, -0.05) is 72.8 Å². The predicted molar refractivity (Wildman–Crippen MR) is 131 cm³/mol. The number of nitrogens with one attached hydrogen (secondary N) is 2. The lowest BCUT2D eigenvalue weighted by molar-refractivity contribution is -0.116. The van der Waals surface area contributed by atoms with Gasteiger partial charge in [0.1, 0.15) is 0 Å². The summed E-state index contributed by atoms with van der Waals surface area (Å²) in [6.45, 7) is 4.01. The zero-order valence-corrected chi connectivity index (χ0v) is 18.3. The smallest absolute Gasteiger partial charge is 0.228 e. The van der Waals surface area contributed by atoms with Crippen molar-refractivity contribution >= 4 is 34.0 Å². The normalized spacial score (nSPS) is 10.7. The molecule has 4 aromatic carbocycles. The van der Waals surface area contributed by atoms with E-state index in [0.29, 0.717) is 12.8 Å². The van der Waals surface area contributed by atoms with Crippen LogP contribution < -0.4 is 10.6 Å². The number of anilines is 2. The van der Waals surface area contributed by atoms with Gasteiger partial charge in [0.2, 0.25) is 11.8 Å². The third-order valence-corrected chi connectivity index (χ3v) is 5.69. The Balaban J connectivity index is 1.53. The van der Waals surface area contributed by atoms with Crippen LogP contribution >= 0.6 is 0 Å². The fraction of sp³-hybridized carbons (Fsp3) is 0.143. The summed E-state index contributed by atoms with van der Waals surface area (Å²) in [7, 11) is 0. The molecule has 0 atom stereocenters. The van der Waals surface area contributed by atoms with Crippen molar-refractivity contribution in [2.24, 2.45) is 0 Å². The number of aryl methyl sites for hydroxylation is 2. The second kappa shape index (κ2) is 9.48. The van der Waals surface area contributed by atoms with Gasteiger partial charge < -0.3 is 10.6 Å². The van der Waals surface area contributed by atoms with Crippen molar-refractivity contribution in [3.05, 3.63) is 107 Å². The summed E-state index contributed by atoms with van der Waals surface area (Å²) in [5, 5.41) is 7.85. The van der Waals surface area contributed by atoms with E-state index in [2.05, 4.69) is 10.6 Å². The first-order valence-corrected chi connectivity index (χ1v) is 10.7. The molecular formula is C28H26N2O2. The van der Waals surface area contributed by atoms with E-state index in [0.717, 1.165) is 44.4 Å². The van der Waals surface area contributed by atoms with Gasteiger partial charge in [-0.3, -0.25) is 9.59 Å². The van der Waals surface area contributed by atoms with Crippen LogP contribution in [0.15, 0.2) is 84.9 Å². The Kier molecular flexibility index (Phi) is 6.31. The largest absolute Gasteiger partial charge is 0.325 e. The van der Waals surface area contributed by atoms with Crippen molar-refractivity contribution in [1.29, 1.82) is 0 Å². The van der Waals surface area contributed by atoms with Gasteiger partial charge in [0.15, 0.2) is 0 Å². The Morgan fingerprint density at radius 3 is 1.38 bits per heavy atom. The van der Waals surface area contributed by atoms with Crippen LogP contribution in [0.5, 0.6) is 0 Å². The topological polar surface area (TPSA) is 58.2 Å². The lowest BCUT2D eigenvalue weighted by Gasteiger charge is -2.13. The molecule has 4 nitrogen and oxygen atoms in total. The van der Waals surface area contributed by atoms with Gasteiger partial charge >= 0.3 is 0 Å². The van der Waals surface area contributed by atoms with Crippen molar-refractivity contribution in [2.75, 3.05) is 10.6 Å². The fourth-order valence-corrected chi connectivity index (χ4v) is 3.88. The van der Waals surface area contributed by atoms with Crippen molar-refractivity contribution < 1.29 is 9.59 Å². The molecule has 2 N–H and O–H groups in total. The van der Waals surface area contributed by atoms with E-state index in [1.165, 1.54) is 0 Å². The van der Waals surface area contributed by atoms with Gasteiger partial charge in [0.05, 0.1) is 12.8 Å². The summed E-state index contributed by atoms with van der Waals surface area (Å²) in [5.41, 5.74) is 5.68. The number of rotatable bonds is 6. The van der Waals surface area contributed by atoms with Crippen LogP contribution in [0.1, 0.15) is 22.3 Å². The highest BCUT2D eigenvalue weighted by Crippen LogP contribution is 2.29. The minimum atomic E-state index is -0.0687. The molecular weight excluding hydrogens is 396 g/mol. The van der Waals surface area contributed by atoms with E-state index in [4.69, 9.17) is 0 Å². The Labute approximate surface area is 188 Å². The minimum absolute atomic E-state index is 0.0687. The van der Waals surface area contributed by atoms with Crippen molar-refractivity contribution in [3.8, 4) is 0 Å². The highest BCUT2D eigenvalue weighted by Gasteiger charge is 2.12. The van der Waals surface area contributed by atoms with Crippen LogP contribution in [0.2, 0.25) is 0 Å². The number of fused-ring (bicyclic) bond motifs is 1. The number of benzene rings is 4. The van der Waals surface area contributed by atoms with Crippen LogP contribution in [-0.4, -0.2) is 11.8 Å². The standard InChI is InChI=1S/C28H26N2O2/c1-19-9-3-5-11-21(19)17-27(31)29-25-15-7-14-24-23(25)13-8-16-26(24)30-28(32)18-22-12-6-4-10-20(22)2/h3-16H,17-18H2,1-2H3,(H,29,31)(H,30,32). The predicted octanol–water partition coefficient (Wildman–Crippen LogP) is 5.82. The molecule has 0 aliphatic heterocycles. The monoisotopic (exact) mass is 422 g/mol. The van der Waals surface area contributed by atoms with E-state index in [9.17, 15) is 9.59 Å². The number of hydrogen-bond acceptors (Lipinski definition) is 2. The molecule has 0 aromatic heterocycles. The van der Waals surface area contributed by atoms with Gasteiger partial charge in [0.25, 0.3) is 0 Å². The molecule has 2 amide bonds. The third-order valence-electron chi connectivity index (χ3n) is 5.69. The maximum Gasteiger partial charge on any atom is 0.228 e. The Bertz CT molecular complexity index is 1190. The molecule has 0 aliphatic carbocycles. The van der Waals surface area contributed by atoms with Crippen LogP contribution in [-0.2, 0) is 22.4 Å². The molecule has 0 heterocycles. The zero-order valence-electron chi connectivity index (χ0n) is 18.3. The Morgan fingerprint density at radius 2 is 0.969 bits per heavy atom. The molecule has 160 valence electrons. The summed E-state index contributed by atoms with van der Waals surface area (Å²) in [4.78, 5) is 25.4. The van der Waals surface area contributed by atoms with Gasteiger partial charge in [-0.25, -0.2) is 0 Å². The highest BCUT2D eigenvalue weighted by molar-refractivity contribution is 6.09. The lowest BCUT2D eigenvalue weighted by atomic mass is 10.0. The number of carbonyl (C=O) groups excluding carboxylic acids is 2. The summed E-state index contributed by atoms with van der Waals surface area (Å²) in [6, 6.07) is 27.2. The van der Waals surface area contributed by atoms with Crippen LogP contribution in [0.4, 0.5) is 11.4 Å². The van der Waals surface area contributed by atoms with Crippen molar-refractivity contribution in [2.45, 2.75) is 26.7 Å².